The van der Waals surface area contributed by atoms with E-state index in [0.717, 1.165) is 23.3 Å². The summed E-state index contributed by atoms with van der Waals surface area (Å²) in [6, 6.07) is 6.15. The van der Waals surface area contributed by atoms with Crippen molar-refractivity contribution >= 4 is 17.7 Å². The van der Waals surface area contributed by atoms with E-state index in [1.807, 2.05) is 13.0 Å². The number of hydrogen-bond donors (Lipinski definition) is 0. The first kappa shape index (κ1) is 11.1. The molecule has 0 aliphatic heterocycles. The number of allylic oxidation sites excluding steroid dienone is 1. The minimum absolute atomic E-state index is 0.666. The van der Waals surface area contributed by atoms with Crippen LogP contribution in [0.1, 0.15) is 17.5 Å². The van der Waals surface area contributed by atoms with Crippen LogP contribution in [-0.2, 0) is 0 Å². The average Bonchev–Trinajstić information content (AvgIpc) is 2.21. The van der Waals surface area contributed by atoms with Gasteiger partial charge in [-0.05, 0) is 30.5 Å². The molecule has 0 heterocycles. The molecule has 14 heavy (non-hydrogen) atoms. The van der Waals surface area contributed by atoms with E-state index in [2.05, 4.69) is 24.3 Å². The fraction of sp³-hybridized carbons (Fsp3) is 0.333. The van der Waals surface area contributed by atoms with Gasteiger partial charge in [0.25, 0.3) is 0 Å². The van der Waals surface area contributed by atoms with Gasteiger partial charge in [0.1, 0.15) is 5.75 Å². The van der Waals surface area contributed by atoms with E-state index in [0.29, 0.717) is 5.88 Å². The first-order valence-electron chi connectivity index (χ1n) is 4.65. The van der Waals surface area contributed by atoms with Gasteiger partial charge in [0, 0.05) is 5.88 Å². The van der Waals surface area contributed by atoms with Crippen LogP contribution in [0.2, 0.25) is 0 Å². The quantitative estimate of drug-likeness (QED) is 0.690. The van der Waals surface area contributed by atoms with Gasteiger partial charge in [-0.1, -0.05) is 24.3 Å². The summed E-state index contributed by atoms with van der Waals surface area (Å²) in [6.45, 7) is 2.03. The predicted octanol–water partition coefficient (Wildman–Crippen LogP) is 3.65. The molecule has 0 aliphatic carbocycles. The second-order valence-electron chi connectivity index (χ2n) is 3.11. The van der Waals surface area contributed by atoms with Gasteiger partial charge in [-0.25, -0.2) is 0 Å². The molecule has 0 amide bonds. The summed E-state index contributed by atoms with van der Waals surface area (Å²) in [7, 11) is 1.69. The zero-order valence-electron chi connectivity index (χ0n) is 8.59. The molecule has 0 aromatic heterocycles. The zero-order valence-corrected chi connectivity index (χ0v) is 9.34. The molecule has 0 spiro atoms. The second kappa shape index (κ2) is 5.71. The summed E-state index contributed by atoms with van der Waals surface area (Å²) in [6.07, 6.45) is 5.03. The van der Waals surface area contributed by atoms with Gasteiger partial charge >= 0.3 is 0 Å². The number of hydrogen-bond acceptors (Lipinski definition) is 1. The van der Waals surface area contributed by atoms with Crippen LogP contribution in [0.15, 0.2) is 24.3 Å². The number of benzene rings is 1. The van der Waals surface area contributed by atoms with E-state index in [1.54, 1.807) is 7.11 Å². The lowest BCUT2D eigenvalue weighted by Crippen LogP contribution is -1.87. The smallest absolute Gasteiger partial charge is 0.122 e. The highest BCUT2D eigenvalue weighted by molar-refractivity contribution is 6.17. The monoisotopic (exact) mass is 210 g/mol. The van der Waals surface area contributed by atoms with Crippen molar-refractivity contribution in [3.63, 3.8) is 0 Å². The minimum Gasteiger partial charge on any atom is -0.496 e. The minimum atomic E-state index is 0.666. The molecule has 1 aromatic rings. The highest BCUT2D eigenvalue weighted by atomic mass is 35.5. The lowest BCUT2D eigenvalue weighted by molar-refractivity contribution is 0.411. The van der Waals surface area contributed by atoms with Gasteiger partial charge in [-0.15, -0.1) is 11.6 Å². The highest BCUT2D eigenvalue weighted by Gasteiger charge is 1.96. The first-order valence-corrected chi connectivity index (χ1v) is 5.18. The van der Waals surface area contributed by atoms with Crippen molar-refractivity contribution in [2.75, 3.05) is 13.0 Å². The fourth-order valence-electron chi connectivity index (χ4n) is 1.22. The molecule has 1 nitrogen and oxygen atoms in total. The molecule has 0 saturated carbocycles. The normalized spacial score (nSPS) is 10.8. The molecule has 0 aliphatic rings. The molecule has 0 bridgehead atoms. The van der Waals surface area contributed by atoms with Gasteiger partial charge in [-0.2, -0.15) is 0 Å². The molecule has 1 rings (SSSR count). The van der Waals surface area contributed by atoms with Gasteiger partial charge in [0.15, 0.2) is 0 Å². The topological polar surface area (TPSA) is 9.23 Å². The predicted molar refractivity (Wildman–Crippen MR) is 62.1 cm³/mol. The Morgan fingerprint density at radius 3 is 2.86 bits per heavy atom. The van der Waals surface area contributed by atoms with Crippen molar-refractivity contribution in [2.45, 2.75) is 13.3 Å². The maximum absolute atomic E-state index is 5.58. The third-order valence-corrected chi connectivity index (χ3v) is 2.24. The van der Waals surface area contributed by atoms with E-state index in [4.69, 9.17) is 16.3 Å². The Kier molecular flexibility index (Phi) is 4.54. The Morgan fingerprint density at radius 1 is 1.43 bits per heavy atom. The van der Waals surface area contributed by atoms with Crippen LogP contribution in [0, 0.1) is 6.92 Å². The SMILES string of the molecule is COc1cc(C=CCCCl)ccc1C. The summed E-state index contributed by atoms with van der Waals surface area (Å²) in [4.78, 5) is 0. The maximum atomic E-state index is 5.58. The number of aryl methyl sites for hydroxylation is 1. The van der Waals surface area contributed by atoms with Crippen LogP contribution in [0.3, 0.4) is 0 Å². The lowest BCUT2D eigenvalue weighted by atomic mass is 10.1. The zero-order chi connectivity index (χ0) is 10.4. The number of halogens is 1. The molecule has 0 fully saturated rings. The maximum Gasteiger partial charge on any atom is 0.122 e. The fourth-order valence-corrected chi connectivity index (χ4v) is 1.35. The summed E-state index contributed by atoms with van der Waals surface area (Å²) >= 11 is 5.58. The molecule has 76 valence electrons. The number of alkyl halides is 1. The van der Waals surface area contributed by atoms with Crippen molar-refractivity contribution in [3.8, 4) is 5.75 Å². The van der Waals surface area contributed by atoms with Crippen molar-refractivity contribution in [1.29, 1.82) is 0 Å². The molecule has 0 unspecified atom stereocenters. The van der Waals surface area contributed by atoms with Crippen LogP contribution >= 0.6 is 11.6 Å². The van der Waals surface area contributed by atoms with Gasteiger partial charge in [0.2, 0.25) is 0 Å². The number of methoxy groups -OCH3 is 1. The van der Waals surface area contributed by atoms with Crippen molar-refractivity contribution in [1.82, 2.24) is 0 Å². The standard InChI is InChI=1S/C12H15ClO/c1-10-6-7-11(5-3-4-8-13)9-12(10)14-2/h3,5-7,9H,4,8H2,1-2H3. The largest absolute Gasteiger partial charge is 0.496 e. The van der Waals surface area contributed by atoms with E-state index in [-0.39, 0.29) is 0 Å². The summed E-state index contributed by atoms with van der Waals surface area (Å²) < 4.78 is 5.23. The van der Waals surface area contributed by atoms with Gasteiger partial charge in [-0.3, -0.25) is 0 Å². The van der Waals surface area contributed by atoms with Gasteiger partial charge in [0.05, 0.1) is 7.11 Å². The molecule has 0 atom stereocenters. The Hall–Kier alpha value is -0.950. The summed E-state index contributed by atoms with van der Waals surface area (Å²) in [5.74, 6) is 1.59. The van der Waals surface area contributed by atoms with Crippen LogP contribution in [0.5, 0.6) is 5.75 Å². The molecular weight excluding hydrogens is 196 g/mol. The Morgan fingerprint density at radius 2 is 2.21 bits per heavy atom. The van der Waals surface area contributed by atoms with Crippen molar-refractivity contribution in [3.05, 3.63) is 35.4 Å². The summed E-state index contributed by atoms with van der Waals surface area (Å²) in [5, 5.41) is 0. The highest BCUT2D eigenvalue weighted by Crippen LogP contribution is 2.19. The van der Waals surface area contributed by atoms with E-state index >= 15 is 0 Å². The van der Waals surface area contributed by atoms with E-state index in [9.17, 15) is 0 Å². The van der Waals surface area contributed by atoms with Crippen LogP contribution in [-0.4, -0.2) is 13.0 Å². The van der Waals surface area contributed by atoms with Crippen LogP contribution in [0.4, 0.5) is 0 Å². The number of rotatable bonds is 4. The van der Waals surface area contributed by atoms with E-state index < -0.39 is 0 Å². The third kappa shape index (κ3) is 3.08. The van der Waals surface area contributed by atoms with Gasteiger partial charge < -0.3 is 4.74 Å². The second-order valence-corrected chi connectivity index (χ2v) is 3.49. The van der Waals surface area contributed by atoms with Crippen LogP contribution in [0.25, 0.3) is 6.08 Å². The summed E-state index contributed by atoms with van der Waals surface area (Å²) in [5.41, 5.74) is 2.31. The number of ether oxygens (including phenoxy) is 1. The lowest BCUT2D eigenvalue weighted by Gasteiger charge is -2.04. The van der Waals surface area contributed by atoms with Crippen molar-refractivity contribution in [2.24, 2.45) is 0 Å². The van der Waals surface area contributed by atoms with Crippen LogP contribution < -0.4 is 4.74 Å². The Labute approximate surface area is 90.3 Å². The van der Waals surface area contributed by atoms with E-state index in [1.165, 1.54) is 0 Å². The molecule has 2 heteroatoms. The molecule has 0 saturated heterocycles. The molecule has 1 aromatic carbocycles. The Balaban J connectivity index is 2.79. The molecule has 0 radical (unpaired) electrons. The van der Waals surface area contributed by atoms with Crippen molar-refractivity contribution < 1.29 is 4.74 Å². The third-order valence-electron chi connectivity index (χ3n) is 2.02. The molecular formula is C12H15ClO. The Bertz CT molecular complexity index is 318. The molecule has 0 N–H and O–H groups in total. The average molecular weight is 211 g/mol. The first-order chi connectivity index (χ1) is 6.77.